The highest BCUT2D eigenvalue weighted by Crippen LogP contribution is 2.22. The summed E-state index contributed by atoms with van der Waals surface area (Å²) >= 11 is 0. The Morgan fingerprint density at radius 1 is 1.04 bits per heavy atom. The fraction of sp³-hybridized carbons (Fsp3) is 0.444. The molecule has 25 heavy (non-hydrogen) atoms. The maximum atomic E-state index is 12.2. The van der Waals surface area contributed by atoms with Crippen molar-refractivity contribution in [1.82, 2.24) is 9.80 Å². The second kappa shape index (κ2) is 8.41. The molecule has 7 heteroatoms. The Morgan fingerprint density at radius 3 is 2.12 bits per heavy atom. The summed E-state index contributed by atoms with van der Waals surface area (Å²) < 4.78 is 4.95. The average Bonchev–Trinajstić information content (AvgIpc) is 2.86. The van der Waals surface area contributed by atoms with Crippen LogP contribution in [0.4, 0.5) is 0 Å². The SMILES string of the molecule is CCN(CC)C(=O)COC(=O)CCCN1C(=O)c2ccccc2C1=O. The number of benzene rings is 1. The van der Waals surface area contributed by atoms with Gasteiger partial charge in [0.05, 0.1) is 11.1 Å². The number of esters is 1. The van der Waals surface area contributed by atoms with Crippen molar-refractivity contribution in [2.45, 2.75) is 26.7 Å². The lowest BCUT2D eigenvalue weighted by Gasteiger charge is -2.18. The highest BCUT2D eigenvalue weighted by molar-refractivity contribution is 6.21. The first kappa shape index (κ1) is 18.6. The van der Waals surface area contributed by atoms with Crippen molar-refractivity contribution in [3.05, 3.63) is 35.4 Å². The van der Waals surface area contributed by atoms with Crippen LogP contribution in [-0.4, -0.2) is 59.7 Å². The topological polar surface area (TPSA) is 84.0 Å². The predicted molar refractivity (Wildman–Crippen MR) is 89.9 cm³/mol. The van der Waals surface area contributed by atoms with Gasteiger partial charge in [-0.3, -0.25) is 24.1 Å². The van der Waals surface area contributed by atoms with E-state index in [-0.39, 0.29) is 37.3 Å². The Kier molecular flexibility index (Phi) is 6.27. The number of likely N-dealkylation sites (N-methyl/N-ethyl adjacent to an activating group) is 1. The van der Waals surface area contributed by atoms with Gasteiger partial charge in [-0.05, 0) is 32.4 Å². The van der Waals surface area contributed by atoms with Crippen LogP contribution in [0.15, 0.2) is 24.3 Å². The van der Waals surface area contributed by atoms with Crippen molar-refractivity contribution >= 4 is 23.7 Å². The summed E-state index contributed by atoms with van der Waals surface area (Å²) in [5.41, 5.74) is 0.778. The third-order valence-corrected chi connectivity index (χ3v) is 4.11. The molecule has 1 aromatic rings. The number of ether oxygens (including phenoxy) is 1. The molecule has 7 nitrogen and oxygen atoms in total. The smallest absolute Gasteiger partial charge is 0.306 e. The molecule has 0 unspecified atom stereocenters. The van der Waals surface area contributed by atoms with Gasteiger partial charge in [0.25, 0.3) is 17.7 Å². The number of fused-ring (bicyclic) bond motifs is 1. The van der Waals surface area contributed by atoms with E-state index in [4.69, 9.17) is 4.74 Å². The van der Waals surface area contributed by atoms with Crippen molar-refractivity contribution in [2.24, 2.45) is 0 Å². The zero-order valence-corrected chi connectivity index (χ0v) is 14.5. The number of hydrogen-bond acceptors (Lipinski definition) is 5. The Bertz CT molecular complexity index is 647. The van der Waals surface area contributed by atoms with E-state index in [9.17, 15) is 19.2 Å². The van der Waals surface area contributed by atoms with Gasteiger partial charge in [-0.1, -0.05) is 12.1 Å². The quantitative estimate of drug-likeness (QED) is 0.526. The predicted octanol–water partition coefficient (Wildman–Crippen LogP) is 1.47. The van der Waals surface area contributed by atoms with Gasteiger partial charge in [-0.25, -0.2) is 0 Å². The maximum Gasteiger partial charge on any atom is 0.306 e. The summed E-state index contributed by atoms with van der Waals surface area (Å²) in [6.07, 6.45) is 0.336. The zero-order chi connectivity index (χ0) is 18.4. The molecule has 0 aliphatic carbocycles. The lowest BCUT2D eigenvalue weighted by molar-refractivity contribution is -0.152. The van der Waals surface area contributed by atoms with Crippen LogP contribution in [0.25, 0.3) is 0 Å². The van der Waals surface area contributed by atoms with E-state index in [1.165, 1.54) is 0 Å². The lowest BCUT2D eigenvalue weighted by atomic mass is 10.1. The molecule has 134 valence electrons. The number of amides is 3. The molecular weight excluding hydrogens is 324 g/mol. The summed E-state index contributed by atoms with van der Waals surface area (Å²) in [5, 5.41) is 0. The Balaban J connectivity index is 1.76. The van der Waals surface area contributed by atoms with E-state index in [0.717, 1.165) is 4.90 Å². The van der Waals surface area contributed by atoms with Crippen LogP contribution >= 0.6 is 0 Å². The van der Waals surface area contributed by atoms with Crippen LogP contribution in [-0.2, 0) is 14.3 Å². The summed E-state index contributed by atoms with van der Waals surface area (Å²) in [6, 6.07) is 6.64. The molecule has 1 aliphatic heterocycles. The molecule has 0 saturated heterocycles. The normalized spacial score (nSPS) is 13.0. The molecule has 1 heterocycles. The Morgan fingerprint density at radius 2 is 1.60 bits per heavy atom. The second-order valence-corrected chi connectivity index (χ2v) is 5.64. The van der Waals surface area contributed by atoms with E-state index in [1.807, 2.05) is 13.8 Å². The number of hydrogen-bond donors (Lipinski definition) is 0. The van der Waals surface area contributed by atoms with Crippen molar-refractivity contribution < 1.29 is 23.9 Å². The number of nitrogens with zero attached hydrogens (tertiary/aromatic N) is 2. The van der Waals surface area contributed by atoms with Gasteiger partial charge in [0.2, 0.25) is 0 Å². The molecule has 0 saturated carbocycles. The van der Waals surface area contributed by atoms with Gasteiger partial charge in [-0.2, -0.15) is 0 Å². The van der Waals surface area contributed by atoms with Gasteiger partial charge in [0.15, 0.2) is 6.61 Å². The molecule has 0 N–H and O–H groups in total. The van der Waals surface area contributed by atoms with E-state index < -0.39 is 5.97 Å². The third-order valence-electron chi connectivity index (χ3n) is 4.11. The monoisotopic (exact) mass is 346 g/mol. The first-order chi connectivity index (χ1) is 12.0. The van der Waals surface area contributed by atoms with Crippen LogP contribution in [0.2, 0.25) is 0 Å². The van der Waals surface area contributed by atoms with E-state index in [2.05, 4.69) is 0 Å². The van der Waals surface area contributed by atoms with Gasteiger partial charge < -0.3 is 9.64 Å². The molecule has 0 bridgehead atoms. The number of imide groups is 1. The molecular formula is C18H22N2O5. The van der Waals surface area contributed by atoms with Crippen LogP contribution in [0.5, 0.6) is 0 Å². The average molecular weight is 346 g/mol. The molecule has 1 aromatic carbocycles. The lowest BCUT2D eigenvalue weighted by Crippen LogP contribution is -2.34. The van der Waals surface area contributed by atoms with Crippen LogP contribution < -0.4 is 0 Å². The minimum Gasteiger partial charge on any atom is -0.456 e. The molecule has 0 atom stereocenters. The van der Waals surface area contributed by atoms with Gasteiger partial charge in [-0.15, -0.1) is 0 Å². The second-order valence-electron chi connectivity index (χ2n) is 5.64. The van der Waals surface area contributed by atoms with Gasteiger partial charge >= 0.3 is 5.97 Å². The first-order valence-electron chi connectivity index (χ1n) is 8.38. The standard InChI is InChI=1S/C18H22N2O5/c1-3-19(4-2)15(21)12-25-16(22)10-7-11-20-17(23)13-8-5-6-9-14(13)18(20)24/h5-6,8-9H,3-4,7,10-12H2,1-2H3. The number of carbonyl (C=O) groups is 4. The third kappa shape index (κ3) is 4.23. The van der Waals surface area contributed by atoms with E-state index >= 15 is 0 Å². The molecule has 2 rings (SSSR count). The minimum atomic E-state index is -0.517. The first-order valence-corrected chi connectivity index (χ1v) is 8.38. The van der Waals surface area contributed by atoms with Crippen molar-refractivity contribution in [1.29, 1.82) is 0 Å². The Labute approximate surface area is 146 Å². The van der Waals surface area contributed by atoms with Gasteiger partial charge in [0.1, 0.15) is 0 Å². The van der Waals surface area contributed by atoms with Crippen LogP contribution in [0.1, 0.15) is 47.4 Å². The Hall–Kier alpha value is -2.70. The van der Waals surface area contributed by atoms with Crippen molar-refractivity contribution in [3.63, 3.8) is 0 Å². The summed E-state index contributed by atoms with van der Waals surface area (Å²) in [7, 11) is 0. The van der Waals surface area contributed by atoms with Crippen molar-refractivity contribution in [2.75, 3.05) is 26.2 Å². The van der Waals surface area contributed by atoms with Gasteiger partial charge in [0, 0.05) is 26.1 Å². The molecule has 0 spiro atoms. The summed E-state index contributed by atoms with van der Waals surface area (Å²) in [4.78, 5) is 50.5. The molecule has 1 aliphatic rings. The fourth-order valence-corrected chi connectivity index (χ4v) is 2.71. The molecule has 3 amide bonds. The summed E-state index contributed by atoms with van der Waals surface area (Å²) in [6.45, 7) is 4.69. The number of carbonyl (C=O) groups excluding carboxylic acids is 4. The largest absolute Gasteiger partial charge is 0.456 e. The molecule has 0 radical (unpaired) electrons. The highest BCUT2D eigenvalue weighted by Gasteiger charge is 2.34. The number of rotatable bonds is 8. The fourth-order valence-electron chi connectivity index (χ4n) is 2.71. The molecule has 0 fully saturated rings. The highest BCUT2D eigenvalue weighted by atomic mass is 16.5. The van der Waals surface area contributed by atoms with E-state index in [0.29, 0.717) is 30.6 Å². The molecule has 0 aromatic heterocycles. The van der Waals surface area contributed by atoms with Crippen LogP contribution in [0, 0.1) is 0 Å². The minimum absolute atomic E-state index is 0.0406. The van der Waals surface area contributed by atoms with Crippen LogP contribution in [0.3, 0.4) is 0 Å². The van der Waals surface area contributed by atoms with E-state index in [1.54, 1.807) is 29.2 Å². The van der Waals surface area contributed by atoms with Crippen molar-refractivity contribution in [3.8, 4) is 0 Å². The summed E-state index contributed by atoms with van der Waals surface area (Å²) in [5.74, 6) is -1.44. The zero-order valence-electron chi connectivity index (χ0n) is 14.5. The maximum absolute atomic E-state index is 12.2.